The van der Waals surface area contributed by atoms with Crippen molar-refractivity contribution in [3.8, 4) is 0 Å². The smallest absolute Gasteiger partial charge is 0.375 e. The van der Waals surface area contributed by atoms with Gasteiger partial charge in [-0.15, -0.1) is 0 Å². The number of hydrogen-bond donors (Lipinski definition) is 2. The Labute approximate surface area is 91.9 Å². The Morgan fingerprint density at radius 1 is 1.25 bits per heavy atom. The van der Waals surface area contributed by atoms with Gasteiger partial charge < -0.3 is 10.8 Å². The molecule has 0 fully saturated rings. The van der Waals surface area contributed by atoms with Gasteiger partial charge in [-0.25, -0.2) is 0 Å². The molecule has 2 nitrogen and oxygen atoms in total. The van der Waals surface area contributed by atoms with E-state index < -0.39 is 18.0 Å². The second-order valence-electron chi connectivity index (χ2n) is 3.94. The first-order chi connectivity index (χ1) is 7.23. The zero-order valence-corrected chi connectivity index (χ0v) is 9.05. The topological polar surface area (TPSA) is 46.2 Å². The Kier molecular flexibility index (Phi) is 3.60. The van der Waals surface area contributed by atoms with Crippen LogP contribution in [0, 0.1) is 0 Å². The first-order valence-corrected chi connectivity index (χ1v) is 4.88. The summed E-state index contributed by atoms with van der Waals surface area (Å²) in [6, 6.07) is 3.81. The third kappa shape index (κ3) is 2.74. The molecule has 1 unspecified atom stereocenters. The summed E-state index contributed by atoms with van der Waals surface area (Å²) in [6.07, 6.45) is -6.11. The zero-order valence-electron chi connectivity index (χ0n) is 9.05. The van der Waals surface area contributed by atoms with Crippen molar-refractivity contribution in [1.82, 2.24) is 0 Å². The van der Waals surface area contributed by atoms with Gasteiger partial charge in [0, 0.05) is 5.56 Å². The third-order valence-electron chi connectivity index (χ3n) is 2.37. The summed E-state index contributed by atoms with van der Waals surface area (Å²) >= 11 is 0. The van der Waals surface area contributed by atoms with Crippen molar-refractivity contribution < 1.29 is 18.3 Å². The van der Waals surface area contributed by atoms with Crippen molar-refractivity contribution >= 4 is 0 Å². The Balaban J connectivity index is 3.33. The molecule has 0 aromatic heterocycles. The minimum Gasteiger partial charge on any atom is -0.375 e. The van der Waals surface area contributed by atoms with Gasteiger partial charge in [-0.3, -0.25) is 0 Å². The first-order valence-electron chi connectivity index (χ1n) is 4.88. The van der Waals surface area contributed by atoms with Gasteiger partial charge in [0.1, 0.15) is 6.23 Å². The SMILES string of the molecule is CC(C)c1ccc(C(N)O)c(C(F)(F)F)c1. The molecule has 0 spiro atoms. The summed E-state index contributed by atoms with van der Waals surface area (Å²) in [4.78, 5) is 0. The van der Waals surface area contributed by atoms with E-state index >= 15 is 0 Å². The monoisotopic (exact) mass is 233 g/mol. The van der Waals surface area contributed by atoms with Gasteiger partial charge in [0.25, 0.3) is 0 Å². The lowest BCUT2D eigenvalue weighted by molar-refractivity contribution is -0.139. The van der Waals surface area contributed by atoms with E-state index in [1.54, 1.807) is 19.9 Å². The summed E-state index contributed by atoms with van der Waals surface area (Å²) in [5.74, 6) is -0.00920. The van der Waals surface area contributed by atoms with E-state index in [-0.39, 0.29) is 11.5 Å². The molecule has 16 heavy (non-hydrogen) atoms. The molecule has 90 valence electrons. The summed E-state index contributed by atoms with van der Waals surface area (Å²) in [6.45, 7) is 3.60. The van der Waals surface area contributed by atoms with Gasteiger partial charge in [-0.05, 0) is 17.5 Å². The molecule has 0 saturated heterocycles. The zero-order chi connectivity index (χ0) is 12.5. The van der Waals surface area contributed by atoms with E-state index in [9.17, 15) is 13.2 Å². The average Bonchev–Trinajstić information content (AvgIpc) is 2.15. The molecule has 0 heterocycles. The molecule has 0 saturated carbocycles. The van der Waals surface area contributed by atoms with Gasteiger partial charge >= 0.3 is 6.18 Å². The van der Waals surface area contributed by atoms with Crippen LogP contribution >= 0.6 is 0 Å². The van der Waals surface area contributed by atoms with Crippen LogP contribution in [0.2, 0.25) is 0 Å². The normalized spacial score (nSPS) is 14.2. The van der Waals surface area contributed by atoms with Crippen LogP contribution in [0.1, 0.15) is 42.7 Å². The molecule has 1 aromatic carbocycles. The summed E-state index contributed by atoms with van der Waals surface area (Å²) in [5, 5.41) is 9.08. The molecule has 0 bridgehead atoms. The fourth-order valence-electron chi connectivity index (χ4n) is 1.44. The van der Waals surface area contributed by atoms with Gasteiger partial charge in [-0.2, -0.15) is 13.2 Å². The van der Waals surface area contributed by atoms with Gasteiger partial charge in [-0.1, -0.05) is 26.0 Å². The summed E-state index contributed by atoms with van der Waals surface area (Å²) in [5.41, 5.74) is 4.50. The van der Waals surface area contributed by atoms with Crippen molar-refractivity contribution in [2.45, 2.75) is 32.2 Å². The highest BCUT2D eigenvalue weighted by molar-refractivity contribution is 5.36. The number of halogens is 3. The molecule has 1 rings (SSSR count). The standard InChI is InChI=1S/C11H14F3NO/c1-6(2)7-3-4-8(10(15)16)9(5-7)11(12,13)14/h3-6,10,16H,15H2,1-2H3. The first kappa shape index (κ1) is 13.0. The molecule has 0 aliphatic heterocycles. The second kappa shape index (κ2) is 4.43. The number of nitrogens with two attached hydrogens (primary N) is 1. The number of aliphatic hydroxyl groups excluding tert-OH is 1. The van der Waals surface area contributed by atoms with E-state index in [1.165, 1.54) is 6.07 Å². The third-order valence-corrected chi connectivity index (χ3v) is 2.37. The molecule has 1 aromatic rings. The lowest BCUT2D eigenvalue weighted by atomic mass is 9.96. The Morgan fingerprint density at radius 2 is 1.81 bits per heavy atom. The lowest BCUT2D eigenvalue weighted by Gasteiger charge is -2.17. The van der Waals surface area contributed by atoms with Crippen LogP contribution < -0.4 is 5.73 Å². The van der Waals surface area contributed by atoms with E-state index in [1.807, 2.05) is 0 Å². The van der Waals surface area contributed by atoms with Crippen LogP contribution in [-0.2, 0) is 6.18 Å². The van der Waals surface area contributed by atoms with Gasteiger partial charge in [0.05, 0.1) is 5.56 Å². The Bertz CT molecular complexity index is 372. The van der Waals surface area contributed by atoms with Crippen LogP contribution in [-0.4, -0.2) is 5.11 Å². The maximum Gasteiger partial charge on any atom is 0.416 e. The van der Waals surface area contributed by atoms with E-state index in [4.69, 9.17) is 10.8 Å². The highest BCUT2D eigenvalue weighted by Crippen LogP contribution is 2.35. The predicted octanol–water partition coefficient (Wildman–Crippen LogP) is 2.78. The quantitative estimate of drug-likeness (QED) is 0.771. The molecular weight excluding hydrogens is 219 g/mol. The van der Waals surface area contributed by atoms with Crippen LogP contribution in [0.15, 0.2) is 18.2 Å². The molecule has 1 atom stereocenters. The van der Waals surface area contributed by atoms with Crippen molar-refractivity contribution in [3.05, 3.63) is 34.9 Å². The number of aliphatic hydroxyl groups is 1. The van der Waals surface area contributed by atoms with Crippen LogP contribution in [0.3, 0.4) is 0 Å². The Hall–Kier alpha value is -1.07. The molecule has 0 radical (unpaired) electrons. The highest BCUT2D eigenvalue weighted by atomic mass is 19.4. The number of rotatable bonds is 2. The highest BCUT2D eigenvalue weighted by Gasteiger charge is 2.34. The van der Waals surface area contributed by atoms with Gasteiger partial charge in [0.15, 0.2) is 0 Å². The summed E-state index contributed by atoms with van der Waals surface area (Å²) < 4.78 is 38.1. The largest absolute Gasteiger partial charge is 0.416 e. The minimum atomic E-state index is -4.50. The van der Waals surface area contributed by atoms with Crippen molar-refractivity contribution in [2.24, 2.45) is 5.73 Å². The maximum absolute atomic E-state index is 12.7. The number of benzene rings is 1. The Morgan fingerprint density at radius 3 is 2.19 bits per heavy atom. The second-order valence-corrected chi connectivity index (χ2v) is 3.94. The molecule has 3 N–H and O–H groups in total. The van der Waals surface area contributed by atoms with E-state index in [0.717, 1.165) is 6.07 Å². The van der Waals surface area contributed by atoms with Gasteiger partial charge in [0.2, 0.25) is 0 Å². The fraction of sp³-hybridized carbons (Fsp3) is 0.455. The average molecular weight is 233 g/mol. The van der Waals surface area contributed by atoms with Crippen molar-refractivity contribution in [3.63, 3.8) is 0 Å². The molecule has 0 aliphatic carbocycles. The molecule has 0 aliphatic rings. The van der Waals surface area contributed by atoms with Crippen LogP contribution in [0.4, 0.5) is 13.2 Å². The van der Waals surface area contributed by atoms with E-state index in [0.29, 0.717) is 5.56 Å². The number of alkyl halides is 3. The number of hydrogen-bond acceptors (Lipinski definition) is 2. The summed E-state index contributed by atoms with van der Waals surface area (Å²) in [7, 11) is 0. The minimum absolute atomic E-state index is 0.00920. The fourth-order valence-corrected chi connectivity index (χ4v) is 1.44. The van der Waals surface area contributed by atoms with Crippen molar-refractivity contribution in [2.75, 3.05) is 0 Å². The van der Waals surface area contributed by atoms with Crippen molar-refractivity contribution in [1.29, 1.82) is 0 Å². The predicted molar refractivity (Wildman–Crippen MR) is 54.7 cm³/mol. The lowest BCUT2D eigenvalue weighted by Crippen LogP contribution is -2.17. The molecule has 5 heteroatoms. The molecular formula is C11H14F3NO. The van der Waals surface area contributed by atoms with Crippen LogP contribution in [0.5, 0.6) is 0 Å². The van der Waals surface area contributed by atoms with E-state index in [2.05, 4.69) is 0 Å². The van der Waals surface area contributed by atoms with Crippen LogP contribution in [0.25, 0.3) is 0 Å². The maximum atomic E-state index is 12.7. The molecule has 0 amide bonds.